The summed E-state index contributed by atoms with van der Waals surface area (Å²) in [4.78, 5) is 13.8. The Morgan fingerprint density at radius 2 is 1.93 bits per heavy atom. The Labute approximate surface area is 97.0 Å². The maximum Gasteiger partial charge on any atom is 0.229 e. The zero-order valence-corrected chi connectivity index (χ0v) is 10.3. The molecule has 0 spiro atoms. The fourth-order valence-electron chi connectivity index (χ4n) is 2.11. The lowest BCUT2D eigenvalue weighted by molar-refractivity contribution is -0.131. The van der Waals surface area contributed by atoms with Gasteiger partial charge in [0, 0.05) is 13.1 Å². The molecule has 1 saturated carbocycles. The van der Waals surface area contributed by atoms with Gasteiger partial charge in [0.2, 0.25) is 5.91 Å². The van der Waals surface area contributed by atoms with Crippen molar-refractivity contribution in [3.05, 3.63) is 0 Å². The Kier molecular flexibility index (Phi) is 4.51. The molecule has 2 N–H and O–H groups in total. The van der Waals surface area contributed by atoms with Crippen molar-refractivity contribution in [1.29, 1.82) is 0 Å². The second-order valence-electron chi connectivity index (χ2n) is 4.56. The van der Waals surface area contributed by atoms with Crippen LogP contribution in [0.2, 0.25) is 0 Å². The molecule has 0 aliphatic heterocycles. The van der Waals surface area contributed by atoms with Gasteiger partial charge in [-0.1, -0.05) is 19.1 Å². The Morgan fingerprint density at radius 3 is 2.40 bits per heavy atom. The molecular weight excluding hydrogens is 208 g/mol. The number of carbonyl (C=O) groups is 1. The fraction of sp³-hybridized carbons (Fsp3) is 0.818. The number of hydrogen-bond acceptors (Lipinski definition) is 2. The summed E-state index contributed by atoms with van der Waals surface area (Å²) in [5.74, 6) is 0.863. The van der Waals surface area contributed by atoms with E-state index in [0.29, 0.717) is 6.04 Å². The van der Waals surface area contributed by atoms with E-state index in [1.54, 1.807) is 0 Å². The van der Waals surface area contributed by atoms with Crippen LogP contribution in [0.5, 0.6) is 0 Å². The number of rotatable bonds is 3. The van der Waals surface area contributed by atoms with Gasteiger partial charge in [0.05, 0.1) is 11.4 Å². The number of thiocarbonyl (C=S) groups is 1. The molecule has 0 aromatic heterocycles. The molecule has 0 atom stereocenters. The summed E-state index contributed by atoms with van der Waals surface area (Å²) >= 11 is 4.74. The Bertz CT molecular complexity index is 247. The first-order valence-corrected chi connectivity index (χ1v) is 5.95. The number of nitrogens with zero attached hydrogens (tertiary/aromatic N) is 1. The molecule has 1 rings (SSSR count). The van der Waals surface area contributed by atoms with Gasteiger partial charge in [-0.2, -0.15) is 0 Å². The van der Waals surface area contributed by atoms with Crippen LogP contribution in [0.1, 0.15) is 39.0 Å². The molecule has 0 unspecified atom stereocenters. The first kappa shape index (κ1) is 12.4. The molecule has 1 aliphatic carbocycles. The van der Waals surface area contributed by atoms with Crippen molar-refractivity contribution >= 4 is 23.1 Å². The minimum Gasteiger partial charge on any atom is -0.393 e. The predicted octanol–water partition coefficient (Wildman–Crippen LogP) is 1.70. The molecule has 4 heteroatoms. The van der Waals surface area contributed by atoms with Crippen LogP contribution in [0.3, 0.4) is 0 Å². The van der Waals surface area contributed by atoms with Crippen LogP contribution >= 0.6 is 12.2 Å². The normalized spacial score (nSPS) is 26.0. The van der Waals surface area contributed by atoms with Gasteiger partial charge in [-0.05, 0) is 31.6 Å². The molecule has 0 aromatic carbocycles. The van der Waals surface area contributed by atoms with Crippen molar-refractivity contribution < 1.29 is 4.79 Å². The first-order chi connectivity index (χ1) is 7.00. The van der Waals surface area contributed by atoms with Crippen LogP contribution in [0.15, 0.2) is 0 Å². The van der Waals surface area contributed by atoms with Gasteiger partial charge in [-0.15, -0.1) is 0 Å². The highest BCUT2D eigenvalue weighted by Gasteiger charge is 2.24. The van der Waals surface area contributed by atoms with Gasteiger partial charge in [-0.25, -0.2) is 0 Å². The minimum absolute atomic E-state index is 0.0575. The number of hydrogen-bond donors (Lipinski definition) is 1. The zero-order valence-electron chi connectivity index (χ0n) is 9.53. The lowest BCUT2D eigenvalue weighted by Crippen LogP contribution is -2.40. The predicted molar refractivity (Wildman–Crippen MR) is 65.6 cm³/mol. The van der Waals surface area contributed by atoms with Gasteiger partial charge in [0.15, 0.2) is 0 Å². The molecule has 1 amide bonds. The van der Waals surface area contributed by atoms with Crippen LogP contribution < -0.4 is 5.73 Å². The van der Waals surface area contributed by atoms with Crippen molar-refractivity contribution in [2.24, 2.45) is 11.7 Å². The van der Waals surface area contributed by atoms with E-state index in [2.05, 4.69) is 6.92 Å². The SMILES string of the molecule is CC1CCC(N(C)C(=O)CC(N)=S)CC1. The molecule has 0 radical (unpaired) electrons. The van der Waals surface area contributed by atoms with E-state index in [1.807, 2.05) is 11.9 Å². The smallest absolute Gasteiger partial charge is 0.229 e. The summed E-state index contributed by atoms with van der Waals surface area (Å²) < 4.78 is 0. The summed E-state index contributed by atoms with van der Waals surface area (Å²) in [5, 5.41) is 0. The van der Waals surface area contributed by atoms with Gasteiger partial charge in [-0.3, -0.25) is 4.79 Å². The largest absolute Gasteiger partial charge is 0.393 e. The van der Waals surface area contributed by atoms with E-state index in [-0.39, 0.29) is 17.3 Å². The Hall–Kier alpha value is -0.640. The highest BCUT2D eigenvalue weighted by molar-refractivity contribution is 7.80. The molecule has 1 aliphatic rings. The standard InChI is InChI=1S/C11H20N2OS/c1-8-3-5-9(6-4-8)13(2)11(14)7-10(12)15/h8-9H,3-7H2,1-2H3,(H2,12,15). The third-order valence-electron chi connectivity index (χ3n) is 3.25. The molecule has 0 aromatic rings. The van der Waals surface area contributed by atoms with Crippen molar-refractivity contribution in [2.45, 2.75) is 45.1 Å². The van der Waals surface area contributed by atoms with Crippen LogP contribution in [-0.4, -0.2) is 28.9 Å². The Morgan fingerprint density at radius 1 is 1.40 bits per heavy atom. The lowest BCUT2D eigenvalue weighted by atomic mass is 9.86. The highest BCUT2D eigenvalue weighted by Crippen LogP contribution is 2.26. The van der Waals surface area contributed by atoms with E-state index in [9.17, 15) is 4.79 Å². The topological polar surface area (TPSA) is 46.3 Å². The lowest BCUT2D eigenvalue weighted by Gasteiger charge is -2.33. The van der Waals surface area contributed by atoms with E-state index in [0.717, 1.165) is 18.8 Å². The monoisotopic (exact) mass is 228 g/mol. The summed E-state index contributed by atoms with van der Waals surface area (Å²) in [7, 11) is 1.86. The molecule has 3 nitrogen and oxygen atoms in total. The van der Waals surface area contributed by atoms with E-state index < -0.39 is 0 Å². The van der Waals surface area contributed by atoms with Gasteiger partial charge in [0.25, 0.3) is 0 Å². The summed E-state index contributed by atoms with van der Waals surface area (Å²) in [6.45, 7) is 2.27. The minimum atomic E-state index is 0.0575. The van der Waals surface area contributed by atoms with Crippen molar-refractivity contribution in [3.8, 4) is 0 Å². The van der Waals surface area contributed by atoms with Crippen LogP contribution in [0.4, 0.5) is 0 Å². The molecule has 0 heterocycles. The maximum atomic E-state index is 11.7. The average Bonchev–Trinajstić information content (AvgIpc) is 2.17. The molecule has 86 valence electrons. The van der Waals surface area contributed by atoms with Gasteiger partial charge in [0.1, 0.15) is 0 Å². The van der Waals surface area contributed by atoms with E-state index in [4.69, 9.17) is 18.0 Å². The molecule has 1 fully saturated rings. The summed E-state index contributed by atoms with van der Waals surface area (Å²) in [6.07, 6.45) is 4.87. The number of carbonyl (C=O) groups excluding carboxylic acids is 1. The van der Waals surface area contributed by atoms with Crippen LogP contribution in [0, 0.1) is 5.92 Å². The maximum absolute atomic E-state index is 11.7. The van der Waals surface area contributed by atoms with E-state index in [1.165, 1.54) is 12.8 Å². The summed E-state index contributed by atoms with van der Waals surface area (Å²) in [6, 6.07) is 0.392. The second-order valence-corrected chi connectivity index (χ2v) is 5.09. The molecular formula is C11H20N2OS. The quantitative estimate of drug-likeness (QED) is 0.748. The second kappa shape index (κ2) is 5.45. The molecule has 15 heavy (non-hydrogen) atoms. The van der Waals surface area contributed by atoms with Crippen molar-refractivity contribution in [2.75, 3.05) is 7.05 Å². The van der Waals surface area contributed by atoms with Gasteiger partial charge < -0.3 is 10.6 Å². The van der Waals surface area contributed by atoms with Crippen molar-refractivity contribution in [3.63, 3.8) is 0 Å². The van der Waals surface area contributed by atoms with Crippen LogP contribution in [0.25, 0.3) is 0 Å². The molecule has 0 bridgehead atoms. The van der Waals surface area contributed by atoms with Crippen molar-refractivity contribution in [1.82, 2.24) is 4.90 Å². The third-order valence-corrected chi connectivity index (χ3v) is 3.40. The van der Waals surface area contributed by atoms with E-state index >= 15 is 0 Å². The van der Waals surface area contributed by atoms with Crippen LogP contribution in [-0.2, 0) is 4.79 Å². The zero-order chi connectivity index (χ0) is 11.4. The third kappa shape index (κ3) is 3.78. The Balaban J connectivity index is 2.42. The average molecular weight is 228 g/mol. The number of amides is 1. The number of nitrogens with two attached hydrogens (primary N) is 1. The first-order valence-electron chi connectivity index (χ1n) is 5.54. The highest BCUT2D eigenvalue weighted by atomic mass is 32.1. The fourth-order valence-corrected chi connectivity index (χ4v) is 2.23. The summed E-state index contributed by atoms with van der Waals surface area (Å²) in [5.41, 5.74) is 5.37. The van der Waals surface area contributed by atoms with Gasteiger partial charge >= 0.3 is 0 Å². The molecule has 0 saturated heterocycles.